The smallest absolute Gasteiger partial charge is 0.412 e. The molecule has 3 aromatic carbocycles. The van der Waals surface area contributed by atoms with E-state index in [1.807, 2.05) is 60.7 Å². The van der Waals surface area contributed by atoms with Gasteiger partial charge in [-0.3, -0.25) is 14.8 Å². The van der Waals surface area contributed by atoms with E-state index in [1.54, 1.807) is 49.8 Å². The number of ether oxygens (including phenoxy) is 1. The van der Waals surface area contributed by atoms with Crippen molar-refractivity contribution in [3.63, 3.8) is 0 Å². The molecular formula is C30H30N4O5. The molecule has 0 spiro atoms. The van der Waals surface area contributed by atoms with E-state index in [1.165, 1.54) is 0 Å². The summed E-state index contributed by atoms with van der Waals surface area (Å²) in [4.78, 5) is 37.3. The van der Waals surface area contributed by atoms with Crippen molar-refractivity contribution in [3.05, 3.63) is 107 Å². The lowest BCUT2D eigenvalue weighted by molar-refractivity contribution is -0.139. The van der Waals surface area contributed by atoms with Gasteiger partial charge in [0.15, 0.2) is 0 Å². The molecule has 2 amide bonds. The Morgan fingerprint density at radius 3 is 2.18 bits per heavy atom. The molecule has 1 aromatic heterocycles. The number of hydrogen-bond donors (Lipinski definition) is 3. The van der Waals surface area contributed by atoms with Crippen LogP contribution < -0.4 is 10.6 Å². The van der Waals surface area contributed by atoms with Crippen molar-refractivity contribution >= 4 is 23.7 Å². The molecule has 0 aliphatic carbocycles. The number of nitrogens with zero attached hydrogens (tertiary/aromatic N) is 2. The van der Waals surface area contributed by atoms with Crippen LogP contribution in [0, 0.1) is 6.92 Å². The lowest BCUT2D eigenvalue weighted by Crippen LogP contribution is -2.42. The topological polar surface area (TPSA) is 123 Å². The average molecular weight is 527 g/mol. The third-order valence-electron chi connectivity index (χ3n) is 6.31. The maximum absolute atomic E-state index is 12.8. The maximum atomic E-state index is 12.8. The number of hydrogen-bond acceptors (Lipinski definition) is 5. The second kappa shape index (κ2) is 12.1. The molecule has 1 heterocycles. The minimum Gasteiger partial charge on any atom is -0.480 e. The molecule has 200 valence electrons. The van der Waals surface area contributed by atoms with Gasteiger partial charge in [0.1, 0.15) is 12.1 Å². The van der Waals surface area contributed by atoms with Crippen LogP contribution in [0.4, 0.5) is 10.5 Å². The van der Waals surface area contributed by atoms with Gasteiger partial charge >= 0.3 is 12.1 Å². The summed E-state index contributed by atoms with van der Waals surface area (Å²) in [6.45, 7) is 3.57. The van der Waals surface area contributed by atoms with Gasteiger partial charge in [0.2, 0.25) is 0 Å². The summed E-state index contributed by atoms with van der Waals surface area (Å²) in [5, 5.41) is 19.4. The van der Waals surface area contributed by atoms with Crippen LogP contribution in [-0.2, 0) is 23.0 Å². The van der Waals surface area contributed by atoms with E-state index in [2.05, 4.69) is 15.7 Å². The number of carbonyl (C=O) groups excluding carboxylic acids is 2. The van der Waals surface area contributed by atoms with Crippen LogP contribution in [0.2, 0.25) is 0 Å². The fourth-order valence-electron chi connectivity index (χ4n) is 4.29. The summed E-state index contributed by atoms with van der Waals surface area (Å²) < 4.78 is 7.20. The van der Waals surface area contributed by atoms with Crippen molar-refractivity contribution in [2.75, 3.05) is 5.32 Å². The van der Waals surface area contributed by atoms with Crippen LogP contribution in [0.25, 0.3) is 11.3 Å². The molecular weight excluding hydrogens is 496 g/mol. The van der Waals surface area contributed by atoms with Gasteiger partial charge in [-0.1, -0.05) is 72.8 Å². The minimum atomic E-state index is -1.11. The Hall–Kier alpha value is -4.92. The molecule has 9 nitrogen and oxygen atoms in total. The van der Waals surface area contributed by atoms with Crippen molar-refractivity contribution in [1.29, 1.82) is 0 Å². The molecule has 0 radical (unpaired) electrons. The molecule has 9 heteroatoms. The van der Waals surface area contributed by atoms with Gasteiger partial charge in [-0.25, -0.2) is 9.59 Å². The van der Waals surface area contributed by atoms with Crippen LogP contribution in [0.1, 0.15) is 40.2 Å². The Balaban J connectivity index is 1.47. The summed E-state index contributed by atoms with van der Waals surface area (Å²) in [5.74, 6) is -1.61. The second-order valence-corrected chi connectivity index (χ2v) is 9.15. The van der Waals surface area contributed by atoms with E-state index >= 15 is 0 Å². The Labute approximate surface area is 226 Å². The van der Waals surface area contributed by atoms with Crippen molar-refractivity contribution < 1.29 is 24.2 Å². The Morgan fingerprint density at radius 2 is 1.56 bits per heavy atom. The molecule has 3 N–H and O–H groups in total. The molecule has 39 heavy (non-hydrogen) atoms. The zero-order valence-electron chi connectivity index (χ0n) is 21.9. The number of carboxylic acid groups (broad SMARTS) is 1. The number of benzene rings is 3. The number of nitrogens with one attached hydrogen (secondary N) is 2. The van der Waals surface area contributed by atoms with Crippen molar-refractivity contribution in [3.8, 4) is 11.3 Å². The van der Waals surface area contributed by atoms with E-state index in [4.69, 9.17) is 4.74 Å². The normalized spacial score (nSPS) is 12.3. The van der Waals surface area contributed by atoms with Gasteiger partial charge in [0, 0.05) is 24.6 Å². The number of rotatable bonds is 9. The van der Waals surface area contributed by atoms with Gasteiger partial charge in [0.25, 0.3) is 5.91 Å². The highest BCUT2D eigenvalue weighted by molar-refractivity contribution is 5.97. The lowest BCUT2D eigenvalue weighted by Gasteiger charge is -2.16. The fourth-order valence-corrected chi connectivity index (χ4v) is 4.29. The summed E-state index contributed by atoms with van der Waals surface area (Å²) in [5.41, 5.74) is 4.43. The number of carbonyl (C=O) groups is 3. The molecule has 4 aromatic rings. The number of aliphatic carboxylic acids is 1. The van der Waals surface area contributed by atoms with Gasteiger partial charge in [-0.15, -0.1) is 0 Å². The van der Waals surface area contributed by atoms with Gasteiger partial charge in [-0.05, 0) is 37.1 Å². The van der Waals surface area contributed by atoms with E-state index in [-0.39, 0.29) is 6.42 Å². The molecule has 4 rings (SSSR count). The molecule has 0 aliphatic rings. The monoisotopic (exact) mass is 526 g/mol. The number of aryl methyl sites for hydroxylation is 2. The SMILES string of the molecule is Cc1nn(C)c(-c2ccc(C(=O)N[C@H](Cc3ccccc3)C(=O)O)cc2)c1NC(=O)OC(C)c1ccccc1. The lowest BCUT2D eigenvalue weighted by atomic mass is 10.0. The Bertz CT molecular complexity index is 1450. The van der Waals surface area contributed by atoms with Crippen LogP contribution in [0.3, 0.4) is 0 Å². The molecule has 0 saturated heterocycles. The first-order valence-electron chi connectivity index (χ1n) is 12.5. The van der Waals surface area contributed by atoms with E-state index < -0.39 is 30.1 Å². The third-order valence-corrected chi connectivity index (χ3v) is 6.31. The van der Waals surface area contributed by atoms with Crippen LogP contribution >= 0.6 is 0 Å². The quantitative estimate of drug-likeness (QED) is 0.278. The average Bonchev–Trinajstić information content (AvgIpc) is 3.21. The van der Waals surface area contributed by atoms with Gasteiger partial charge in [-0.2, -0.15) is 5.10 Å². The highest BCUT2D eigenvalue weighted by atomic mass is 16.6. The summed E-state index contributed by atoms with van der Waals surface area (Å²) >= 11 is 0. The van der Waals surface area contributed by atoms with Crippen LogP contribution in [0.15, 0.2) is 84.9 Å². The zero-order valence-corrected chi connectivity index (χ0v) is 21.9. The molecule has 2 atom stereocenters. The largest absolute Gasteiger partial charge is 0.480 e. The van der Waals surface area contributed by atoms with Crippen molar-refractivity contribution in [2.24, 2.45) is 7.05 Å². The van der Waals surface area contributed by atoms with Crippen molar-refractivity contribution in [2.45, 2.75) is 32.4 Å². The van der Waals surface area contributed by atoms with E-state index in [0.717, 1.165) is 11.1 Å². The van der Waals surface area contributed by atoms with Gasteiger partial charge in [0.05, 0.1) is 17.1 Å². The predicted molar refractivity (Wildman–Crippen MR) is 147 cm³/mol. The highest BCUT2D eigenvalue weighted by Gasteiger charge is 2.23. The Morgan fingerprint density at radius 1 is 0.949 bits per heavy atom. The number of amides is 2. The van der Waals surface area contributed by atoms with Crippen LogP contribution in [-0.4, -0.2) is 38.9 Å². The fraction of sp³-hybridized carbons (Fsp3) is 0.200. The number of carboxylic acids is 1. The molecule has 0 saturated carbocycles. The highest BCUT2D eigenvalue weighted by Crippen LogP contribution is 2.31. The summed E-state index contributed by atoms with van der Waals surface area (Å²) in [6, 6.07) is 24.1. The summed E-state index contributed by atoms with van der Waals surface area (Å²) in [7, 11) is 1.76. The minimum absolute atomic E-state index is 0.169. The standard InChI is InChI=1S/C30H30N4O5/c1-19-26(32-30(38)39-20(2)22-12-8-5-9-13-22)27(34(3)33-19)23-14-16-24(17-15-23)28(35)31-25(29(36)37)18-21-10-6-4-7-11-21/h4-17,20,25H,18H2,1-3H3,(H,31,35)(H,32,38)(H,36,37)/t20?,25-/m1/s1. The zero-order chi connectivity index (χ0) is 27.9. The number of aromatic nitrogens is 2. The van der Waals surface area contributed by atoms with Crippen molar-refractivity contribution in [1.82, 2.24) is 15.1 Å². The first-order chi connectivity index (χ1) is 18.7. The van der Waals surface area contributed by atoms with Gasteiger partial charge < -0.3 is 15.2 Å². The molecule has 0 fully saturated rings. The number of anilines is 1. The van der Waals surface area contributed by atoms with E-state index in [9.17, 15) is 19.5 Å². The second-order valence-electron chi connectivity index (χ2n) is 9.15. The molecule has 1 unspecified atom stereocenters. The predicted octanol–water partition coefficient (Wildman–Crippen LogP) is 5.13. The third kappa shape index (κ3) is 6.70. The molecule has 0 aliphatic heterocycles. The first-order valence-corrected chi connectivity index (χ1v) is 12.5. The molecule has 0 bridgehead atoms. The Kier molecular flexibility index (Phi) is 8.40. The first kappa shape index (κ1) is 27.1. The van der Waals surface area contributed by atoms with Crippen LogP contribution in [0.5, 0.6) is 0 Å². The summed E-state index contributed by atoms with van der Waals surface area (Å²) in [6.07, 6.45) is -0.888. The van der Waals surface area contributed by atoms with E-state index in [0.29, 0.717) is 28.2 Å². The maximum Gasteiger partial charge on any atom is 0.412 e.